The number of piperidine rings is 1. The number of halogens is 1. The van der Waals surface area contributed by atoms with Gasteiger partial charge in [0.2, 0.25) is 15.9 Å². The van der Waals surface area contributed by atoms with E-state index in [1.165, 1.54) is 34.8 Å². The van der Waals surface area contributed by atoms with Crippen LogP contribution in [-0.4, -0.2) is 61.3 Å². The summed E-state index contributed by atoms with van der Waals surface area (Å²) >= 11 is 0. The van der Waals surface area contributed by atoms with E-state index >= 15 is 0 Å². The molecule has 1 amide bonds. The Labute approximate surface area is 168 Å². The number of aromatic nitrogens is 2. The lowest BCUT2D eigenvalue weighted by atomic mass is 9.97. The van der Waals surface area contributed by atoms with Gasteiger partial charge in [0.1, 0.15) is 11.6 Å². The number of amides is 1. The van der Waals surface area contributed by atoms with Gasteiger partial charge in [0.15, 0.2) is 12.4 Å². The number of carbonyl (C=O) groups is 1. The Morgan fingerprint density at radius 1 is 1.31 bits per heavy atom. The van der Waals surface area contributed by atoms with Crippen molar-refractivity contribution in [1.82, 2.24) is 19.8 Å². The lowest BCUT2D eigenvalue weighted by Crippen LogP contribution is -2.37. The Hall–Kier alpha value is -2.53. The summed E-state index contributed by atoms with van der Waals surface area (Å²) < 4.78 is 47.9. The fourth-order valence-corrected chi connectivity index (χ4v) is 3.89. The van der Waals surface area contributed by atoms with Crippen molar-refractivity contribution in [2.45, 2.75) is 25.2 Å². The van der Waals surface area contributed by atoms with E-state index in [0.717, 1.165) is 0 Å². The summed E-state index contributed by atoms with van der Waals surface area (Å²) in [7, 11) is -3.17. The molecule has 1 aromatic carbocycles. The molecule has 0 radical (unpaired) electrons. The highest BCUT2D eigenvalue weighted by atomic mass is 32.2. The van der Waals surface area contributed by atoms with Gasteiger partial charge in [0.05, 0.1) is 6.26 Å². The zero-order valence-corrected chi connectivity index (χ0v) is 16.8. The molecule has 0 bridgehead atoms. The number of rotatable bonds is 8. The zero-order valence-electron chi connectivity index (χ0n) is 16.0. The second-order valence-corrected chi connectivity index (χ2v) is 8.81. The van der Waals surface area contributed by atoms with Crippen molar-refractivity contribution in [2.24, 2.45) is 0 Å². The molecule has 9 nitrogen and oxygen atoms in total. The van der Waals surface area contributed by atoms with Gasteiger partial charge in [0, 0.05) is 32.0 Å². The Morgan fingerprint density at radius 3 is 2.66 bits per heavy atom. The molecule has 0 unspecified atom stereocenters. The molecule has 1 aliphatic rings. The second-order valence-electron chi connectivity index (χ2n) is 6.83. The van der Waals surface area contributed by atoms with Crippen molar-refractivity contribution in [3.8, 4) is 5.75 Å². The Kier molecular flexibility index (Phi) is 6.80. The average molecular weight is 426 g/mol. The molecule has 1 fully saturated rings. The van der Waals surface area contributed by atoms with Crippen LogP contribution in [0.4, 0.5) is 4.39 Å². The van der Waals surface area contributed by atoms with Crippen molar-refractivity contribution in [3.63, 3.8) is 0 Å². The average Bonchev–Trinajstić information content (AvgIpc) is 3.16. The number of carbonyl (C=O) groups excluding carboxylic acids is 1. The quantitative estimate of drug-likeness (QED) is 0.672. The molecule has 3 rings (SSSR count). The van der Waals surface area contributed by atoms with Gasteiger partial charge < -0.3 is 14.6 Å². The van der Waals surface area contributed by atoms with Crippen LogP contribution in [0.1, 0.15) is 30.5 Å². The number of nitrogens with one attached hydrogen (secondary N) is 1. The molecule has 0 spiro atoms. The van der Waals surface area contributed by atoms with E-state index in [1.54, 1.807) is 0 Å². The first kappa shape index (κ1) is 21.2. The van der Waals surface area contributed by atoms with Gasteiger partial charge >= 0.3 is 0 Å². The SMILES string of the molecule is CS(=O)(=O)N1CCC(c2noc(CCNC(=O)COc3ccc(F)cc3)n2)CC1. The van der Waals surface area contributed by atoms with Crippen LogP contribution in [0.2, 0.25) is 0 Å². The molecule has 0 atom stereocenters. The molecule has 158 valence electrons. The number of sulfonamides is 1. The van der Waals surface area contributed by atoms with E-state index in [9.17, 15) is 17.6 Å². The first-order valence-corrected chi connectivity index (χ1v) is 11.1. The first-order chi connectivity index (χ1) is 13.8. The molecule has 1 aromatic heterocycles. The van der Waals surface area contributed by atoms with Crippen molar-refractivity contribution >= 4 is 15.9 Å². The largest absolute Gasteiger partial charge is 0.484 e. The molecule has 2 aromatic rings. The van der Waals surface area contributed by atoms with E-state index in [0.29, 0.717) is 56.4 Å². The minimum atomic E-state index is -3.17. The highest BCUT2D eigenvalue weighted by Gasteiger charge is 2.28. The third-order valence-corrected chi connectivity index (χ3v) is 5.92. The normalized spacial score (nSPS) is 15.9. The molecule has 2 heterocycles. The highest BCUT2D eigenvalue weighted by molar-refractivity contribution is 7.88. The molecule has 1 aliphatic heterocycles. The van der Waals surface area contributed by atoms with Gasteiger partial charge in [-0.25, -0.2) is 17.1 Å². The van der Waals surface area contributed by atoms with Gasteiger partial charge in [0.25, 0.3) is 5.91 Å². The van der Waals surface area contributed by atoms with Crippen molar-refractivity contribution in [3.05, 3.63) is 41.8 Å². The summed E-state index contributed by atoms with van der Waals surface area (Å²) in [5.41, 5.74) is 0. The van der Waals surface area contributed by atoms with E-state index in [2.05, 4.69) is 15.5 Å². The molecular formula is C18H23FN4O5S. The maximum absolute atomic E-state index is 12.8. The standard InChI is InChI=1S/C18H23FN4O5S/c1-29(25,26)23-10-7-13(8-11-23)18-21-17(28-22-18)6-9-20-16(24)12-27-15-4-2-14(19)3-5-15/h2-5,13H,6-12H2,1H3,(H,20,24). The van der Waals surface area contributed by atoms with Crippen LogP contribution < -0.4 is 10.1 Å². The molecule has 0 saturated carbocycles. The maximum atomic E-state index is 12.8. The fourth-order valence-electron chi connectivity index (χ4n) is 3.02. The van der Waals surface area contributed by atoms with E-state index in [4.69, 9.17) is 9.26 Å². The van der Waals surface area contributed by atoms with E-state index in [-0.39, 0.29) is 24.2 Å². The van der Waals surface area contributed by atoms with E-state index < -0.39 is 10.0 Å². The lowest BCUT2D eigenvalue weighted by Gasteiger charge is -2.28. The topological polar surface area (TPSA) is 115 Å². The Balaban J connectivity index is 1.38. The third-order valence-electron chi connectivity index (χ3n) is 4.62. The van der Waals surface area contributed by atoms with Crippen LogP contribution in [-0.2, 0) is 21.2 Å². The smallest absolute Gasteiger partial charge is 0.257 e. The predicted octanol–water partition coefficient (Wildman–Crippen LogP) is 1.09. The van der Waals surface area contributed by atoms with Crippen molar-refractivity contribution in [1.29, 1.82) is 0 Å². The predicted molar refractivity (Wildman–Crippen MR) is 101 cm³/mol. The minimum absolute atomic E-state index is 0.0594. The summed E-state index contributed by atoms with van der Waals surface area (Å²) in [6.07, 6.45) is 2.86. The minimum Gasteiger partial charge on any atom is -0.484 e. The number of hydrogen-bond donors (Lipinski definition) is 1. The second kappa shape index (κ2) is 9.31. The Bertz CT molecular complexity index is 924. The molecule has 1 N–H and O–H groups in total. The van der Waals surface area contributed by atoms with Crippen LogP contribution in [0.3, 0.4) is 0 Å². The molecule has 1 saturated heterocycles. The molecular weight excluding hydrogens is 403 g/mol. The number of ether oxygens (including phenoxy) is 1. The maximum Gasteiger partial charge on any atom is 0.257 e. The van der Waals surface area contributed by atoms with Crippen molar-refractivity contribution < 1.29 is 26.9 Å². The first-order valence-electron chi connectivity index (χ1n) is 9.24. The van der Waals surface area contributed by atoms with Crippen LogP contribution in [0.5, 0.6) is 5.75 Å². The van der Waals surface area contributed by atoms with Gasteiger partial charge in [-0.1, -0.05) is 5.16 Å². The molecule has 11 heteroatoms. The summed E-state index contributed by atoms with van der Waals surface area (Å²) in [6, 6.07) is 5.41. The summed E-state index contributed by atoms with van der Waals surface area (Å²) in [6.45, 7) is 1.01. The fraction of sp³-hybridized carbons (Fsp3) is 0.500. The van der Waals surface area contributed by atoms with E-state index in [1.807, 2.05) is 0 Å². The Morgan fingerprint density at radius 2 is 2.00 bits per heavy atom. The summed E-state index contributed by atoms with van der Waals surface area (Å²) in [5, 5.41) is 6.67. The number of benzene rings is 1. The van der Waals surface area contributed by atoms with Crippen molar-refractivity contribution in [2.75, 3.05) is 32.5 Å². The summed E-state index contributed by atoms with van der Waals surface area (Å²) in [4.78, 5) is 16.2. The third kappa shape index (κ3) is 6.23. The van der Waals surface area contributed by atoms with Gasteiger partial charge in [-0.15, -0.1) is 0 Å². The molecule has 29 heavy (non-hydrogen) atoms. The summed E-state index contributed by atoms with van der Waals surface area (Å²) in [5.74, 6) is 0.752. The number of nitrogens with zero attached hydrogens (tertiary/aromatic N) is 3. The highest BCUT2D eigenvalue weighted by Crippen LogP contribution is 2.26. The van der Waals surface area contributed by atoms with Gasteiger partial charge in [-0.2, -0.15) is 4.98 Å². The van der Waals surface area contributed by atoms with Crippen LogP contribution in [0.25, 0.3) is 0 Å². The van der Waals surface area contributed by atoms with Gasteiger partial charge in [-0.3, -0.25) is 4.79 Å². The van der Waals surface area contributed by atoms with Crippen LogP contribution >= 0.6 is 0 Å². The monoisotopic (exact) mass is 426 g/mol. The number of hydrogen-bond acceptors (Lipinski definition) is 7. The zero-order chi connectivity index (χ0) is 20.9. The van der Waals surface area contributed by atoms with Crippen LogP contribution in [0.15, 0.2) is 28.8 Å². The van der Waals surface area contributed by atoms with Crippen LogP contribution in [0, 0.1) is 5.82 Å². The molecule has 0 aliphatic carbocycles. The van der Waals surface area contributed by atoms with Gasteiger partial charge in [-0.05, 0) is 37.1 Å². The lowest BCUT2D eigenvalue weighted by molar-refractivity contribution is -0.123.